The Kier molecular flexibility index (Phi) is 6.35. The van der Waals surface area contributed by atoms with Gasteiger partial charge in [0.05, 0.1) is 11.3 Å². The summed E-state index contributed by atoms with van der Waals surface area (Å²) in [5, 5.41) is 3.10. The van der Waals surface area contributed by atoms with Crippen molar-refractivity contribution in [3.05, 3.63) is 76.3 Å². The number of ketones is 1. The van der Waals surface area contributed by atoms with Crippen molar-refractivity contribution in [1.82, 2.24) is 9.88 Å². The van der Waals surface area contributed by atoms with Crippen molar-refractivity contribution >= 4 is 17.1 Å². The molecule has 2 aromatic carbocycles. The summed E-state index contributed by atoms with van der Waals surface area (Å²) in [4.78, 5) is 19.6. The fourth-order valence-corrected chi connectivity index (χ4v) is 4.70. The van der Waals surface area contributed by atoms with Gasteiger partial charge in [0, 0.05) is 23.4 Å². The van der Waals surface area contributed by atoms with E-state index in [1.165, 1.54) is 5.56 Å². The minimum absolute atomic E-state index is 0.133. The topological polar surface area (TPSA) is 33.2 Å². The molecule has 1 aromatic heterocycles. The van der Waals surface area contributed by atoms with Gasteiger partial charge in [0.1, 0.15) is 16.6 Å². The van der Waals surface area contributed by atoms with Gasteiger partial charge >= 0.3 is 0 Å². The molecule has 156 valence electrons. The second kappa shape index (κ2) is 9.14. The number of likely N-dealkylation sites (tertiary alicyclic amines) is 1. The summed E-state index contributed by atoms with van der Waals surface area (Å²) in [5.74, 6) is -1.79. The molecule has 3 nitrogen and oxygen atoms in total. The average molecular weight is 427 g/mol. The number of nitrogens with zero attached hydrogens (tertiary/aromatic N) is 2. The minimum Gasteiger partial charge on any atom is -0.297 e. The Labute approximate surface area is 179 Å². The van der Waals surface area contributed by atoms with Crippen LogP contribution in [0.3, 0.4) is 0 Å². The van der Waals surface area contributed by atoms with E-state index >= 15 is 0 Å². The van der Waals surface area contributed by atoms with Gasteiger partial charge in [-0.25, -0.2) is 13.8 Å². The first-order valence-corrected chi connectivity index (χ1v) is 11.2. The maximum atomic E-state index is 13.9. The van der Waals surface area contributed by atoms with Crippen molar-refractivity contribution in [2.75, 3.05) is 13.1 Å². The zero-order chi connectivity index (χ0) is 21.1. The molecule has 0 saturated carbocycles. The molecule has 0 N–H and O–H groups in total. The third-order valence-corrected chi connectivity index (χ3v) is 6.64. The molecule has 6 heteroatoms. The number of thiazole rings is 1. The van der Waals surface area contributed by atoms with Crippen LogP contribution in [0, 0.1) is 17.6 Å². The van der Waals surface area contributed by atoms with E-state index in [1.807, 2.05) is 0 Å². The minimum atomic E-state index is -0.647. The number of Topliss-reactive ketones (excluding diaryl/α,β-unsaturated/α-hetero) is 1. The Morgan fingerprint density at radius 1 is 1.13 bits per heavy atom. The Morgan fingerprint density at radius 2 is 1.87 bits per heavy atom. The van der Waals surface area contributed by atoms with Gasteiger partial charge in [-0.2, -0.15) is 0 Å². The zero-order valence-corrected chi connectivity index (χ0v) is 17.7. The number of carbonyl (C=O) groups excluding carboxylic acids is 1. The summed E-state index contributed by atoms with van der Waals surface area (Å²) in [6.07, 6.45) is 2.31. The third kappa shape index (κ3) is 4.65. The molecule has 0 atom stereocenters. The van der Waals surface area contributed by atoms with E-state index in [0.717, 1.165) is 60.5 Å². The predicted molar refractivity (Wildman–Crippen MR) is 116 cm³/mol. The van der Waals surface area contributed by atoms with Crippen molar-refractivity contribution in [1.29, 1.82) is 0 Å². The maximum Gasteiger partial charge on any atom is 0.169 e. The fraction of sp³-hybridized carbons (Fsp3) is 0.333. The quantitative estimate of drug-likeness (QED) is 0.471. The molecule has 0 unspecified atom stereocenters. The number of aryl methyl sites for hydroxylation is 1. The Morgan fingerprint density at radius 3 is 2.57 bits per heavy atom. The van der Waals surface area contributed by atoms with Gasteiger partial charge in [-0.1, -0.05) is 31.2 Å². The summed E-state index contributed by atoms with van der Waals surface area (Å²) in [5.41, 5.74) is 3.33. The van der Waals surface area contributed by atoms with Gasteiger partial charge in [-0.15, -0.1) is 11.3 Å². The predicted octanol–water partition coefficient (Wildman–Crippen LogP) is 5.75. The molecular formula is C24H24F2N2OS. The van der Waals surface area contributed by atoms with E-state index in [2.05, 4.69) is 41.5 Å². The van der Waals surface area contributed by atoms with E-state index < -0.39 is 11.6 Å². The number of aromatic nitrogens is 1. The van der Waals surface area contributed by atoms with Crippen LogP contribution in [0.25, 0.3) is 10.6 Å². The lowest BCUT2D eigenvalue weighted by molar-refractivity contribution is 0.0829. The Balaban J connectivity index is 1.34. The third-order valence-electron chi connectivity index (χ3n) is 5.70. The molecule has 1 saturated heterocycles. The number of carbonyl (C=O) groups is 1. The van der Waals surface area contributed by atoms with Crippen LogP contribution in [0.4, 0.5) is 8.78 Å². The molecule has 1 aliphatic rings. The molecule has 0 amide bonds. The summed E-state index contributed by atoms with van der Waals surface area (Å²) in [6, 6.07) is 11.6. The normalized spacial score (nSPS) is 15.4. The van der Waals surface area contributed by atoms with Crippen LogP contribution in [0.2, 0.25) is 0 Å². The van der Waals surface area contributed by atoms with Gasteiger partial charge < -0.3 is 0 Å². The summed E-state index contributed by atoms with van der Waals surface area (Å²) in [7, 11) is 0. The lowest BCUT2D eigenvalue weighted by Gasteiger charge is -2.30. The van der Waals surface area contributed by atoms with Crippen molar-refractivity contribution in [3.8, 4) is 10.6 Å². The van der Waals surface area contributed by atoms with Gasteiger partial charge in [-0.05, 0) is 56.1 Å². The first-order valence-electron chi connectivity index (χ1n) is 10.3. The summed E-state index contributed by atoms with van der Waals surface area (Å²) >= 11 is 1.64. The van der Waals surface area contributed by atoms with Crippen LogP contribution in [-0.2, 0) is 13.0 Å². The fourth-order valence-electron chi connectivity index (χ4n) is 3.88. The van der Waals surface area contributed by atoms with Gasteiger partial charge in [0.2, 0.25) is 0 Å². The molecule has 3 aromatic rings. The van der Waals surface area contributed by atoms with E-state index in [0.29, 0.717) is 12.8 Å². The van der Waals surface area contributed by atoms with Crippen molar-refractivity contribution < 1.29 is 13.6 Å². The molecule has 4 rings (SSSR count). The van der Waals surface area contributed by atoms with Crippen LogP contribution in [0.15, 0.2) is 47.8 Å². The van der Waals surface area contributed by atoms with E-state index in [-0.39, 0.29) is 17.3 Å². The average Bonchev–Trinajstić information content (AvgIpc) is 3.24. The largest absolute Gasteiger partial charge is 0.297 e. The first kappa shape index (κ1) is 20.8. The molecule has 1 fully saturated rings. The van der Waals surface area contributed by atoms with E-state index in [1.54, 1.807) is 11.3 Å². The van der Waals surface area contributed by atoms with Crippen molar-refractivity contribution in [3.63, 3.8) is 0 Å². The van der Waals surface area contributed by atoms with Crippen molar-refractivity contribution in [2.24, 2.45) is 5.92 Å². The van der Waals surface area contributed by atoms with Crippen LogP contribution in [0.1, 0.15) is 41.4 Å². The number of hydrogen-bond acceptors (Lipinski definition) is 4. The highest BCUT2D eigenvalue weighted by Crippen LogP contribution is 2.27. The molecular weight excluding hydrogens is 402 g/mol. The molecule has 0 radical (unpaired) electrons. The van der Waals surface area contributed by atoms with Gasteiger partial charge in [0.15, 0.2) is 5.78 Å². The van der Waals surface area contributed by atoms with Crippen LogP contribution in [0.5, 0.6) is 0 Å². The monoisotopic (exact) mass is 426 g/mol. The lowest BCUT2D eigenvalue weighted by Crippen LogP contribution is -2.36. The first-order chi connectivity index (χ1) is 14.5. The molecule has 0 spiro atoms. The number of rotatable bonds is 6. The SMILES string of the molecule is CCc1ccc(-c2nc(CN3CCC(C(=O)c4cc(F)ccc4F)CC3)cs2)cc1. The highest BCUT2D eigenvalue weighted by molar-refractivity contribution is 7.13. The number of hydrogen-bond donors (Lipinski definition) is 0. The Hall–Kier alpha value is -2.44. The number of piperidine rings is 1. The van der Waals surface area contributed by atoms with Crippen LogP contribution >= 0.6 is 11.3 Å². The summed E-state index contributed by atoms with van der Waals surface area (Å²) in [6.45, 7) is 4.36. The standard InChI is InChI=1S/C24H24F2N2OS/c1-2-16-3-5-18(6-4-16)24-27-20(15-30-24)14-28-11-9-17(10-12-28)23(29)21-13-19(25)7-8-22(21)26/h3-8,13,15,17H,2,9-12,14H2,1H3. The molecule has 0 aliphatic carbocycles. The van der Waals surface area contributed by atoms with Crippen molar-refractivity contribution in [2.45, 2.75) is 32.7 Å². The zero-order valence-electron chi connectivity index (χ0n) is 16.9. The maximum absolute atomic E-state index is 13.9. The molecule has 30 heavy (non-hydrogen) atoms. The van der Waals surface area contributed by atoms with Crippen LogP contribution < -0.4 is 0 Å². The second-order valence-corrected chi connectivity index (χ2v) is 8.59. The molecule has 2 heterocycles. The van der Waals surface area contributed by atoms with E-state index in [9.17, 15) is 13.6 Å². The summed E-state index contributed by atoms with van der Waals surface area (Å²) < 4.78 is 27.3. The Bertz CT molecular complexity index is 1020. The highest BCUT2D eigenvalue weighted by atomic mass is 32.1. The van der Waals surface area contributed by atoms with Gasteiger partial charge in [0.25, 0.3) is 0 Å². The van der Waals surface area contributed by atoms with E-state index in [4.69, 9.17) is 4.98 Å². The number of benzene rings is 2. The van der Waals surface area contributed by atoms with Crippen LogP contribution in [-0.4, -0.2) is 28.8 Å². The van der Waals surface area contributed by atoms with Gasteiger partial charge in [-0.3, -0.25) is 9.69 Å². The number of halogens is 2. The second-order valence-electron chi connectivity index (χ2n) is 7.73. The highest BCUT2D eigenvalue weighted by Gasteiger charge is 2.28. The molecule has 1 aliphatic heterocycles. The lowest BCUT2D eigenvalue weighted by atomic mass is 9.88. The smallest absolute Gasteiger partial charge is 0.169 e. The molecule has 0 bridgehead atoms.